The van der Waals surface area contributed by atoms with Crippen molar-refractivity contribution in [1.29, 1.82) is 0 Å². The maximum atomic E-state index is 12.7. The highest BCUT2D eigenvalue weighted by Crippen LogP contribution is 2.26. The van der Waals surface area contributed by atoms with Crippen molar-refractivity contribution in [1.82, 2.24) is 15.2 Å². The Kier molecular flexibility index (Phi) is 8.20. The van der Waals surface area contributed by atoms with Crippen LogP contribution in [0.25, 0.3) is 11.3 Å². The largest absolute Gasteiger partial charge is 0.497 e. The topological polar surface area (TPSA) is 126 Å². The smallest absolute Gasteiger partial charge is 0.278 e. The number of hydrogen-bond acceptors (Lipinski definition) is 7. The fraction of sp³-hybridized carbons (Fsp3) is 0.261. The number of aromatic amines is 1. The maximum absolute atomic E-state index is 12.7. The molecule has 0 unspecified atom stereocenters. The first-order chi connectivity index (χ1) is 15.9. The number of benzene rings is 2. The summed E-state index contributed by atoms with van der Waals surface area (Å²) in [5.41, 5.74) is 1.21. The first-order valence-electron chi connectivity index (χ1n) is 10.4. The summed E-state index contributed by atoms with van der Waals surface area (Å²) in [7, 11) is 1.57. The van der Waals surface area contributed by atoms with Crippen molar-refractivity contribution in [3.05, 3.63) is 58.9 Å². The first kappa shape index (κ1) is 24.0. The Labute approximate surface area is 195 Å². The number of methoxy groups -OCH3 is 1. The zero-order valence-corrected chi connectivity index (χ0v) is 19.4. The van der Waals surface area contributed by atoms with Gasteiger partial charge in [0.2, 0.25) is 11.8 Å². The molecule has 0 fully saturated rings. The van der Waals surface area contributed by atoms with Crippen molar-refractivity contribution < 1.29 is 14.3 Å². The molecular weight excluding hydrogens is 442 g/mol. The SMILES string of the molecule is CCC(=O)Nc1ccccc1-c1nnc(S[C@@H](CC)C(=O)Nc2ccc(OC)cc2)[nH]c1=O. The molecule has 2 aromatic carbocycles. The van der Waals surface area contributed by atoms with Crippen LogP contribution in [0.4, 0.5) is 11.4 Å². The number of carbonyl (C=O) groups excluding carboxylic acids is 2. The molecule has 33 heavy (non-hydrogen) atoms. The number of anilines is 2. The van der Waals surface area contributed by atoms with Gasteiger partial charge in [-0.3, -0.25) is 19.4 Å². The van der Waals surface area contributed by atoms with Crippen LogP contribution in [0.5, 0.6) is 5.75 Å². The van der Waals surface area contributed by atoms with Gasteiger partial charge in [0.25, 0.3) is 5.56 Å². The van der Waals surface area contributed by atoms with E-state index in [1.807, 2.05) is 6.92 Å². The van der Waals surface area contributed by atoms with E-state index in [0.29, 0.717) is 35.5 Å². The van der Waals surface area contributed by atoms with Crippen LogP contribution in [0.1, 0.15) is 26.7 Å². The van der Waals surface area contributed by atoms with Gasteiger partial charge in [-0.15, -0.1) is 10.2 Å². The van der Waals surface area contributed by atoms with Crippen molar-refractivity contribution in [2.75, 3.05) is 17.7 Å². The van der Waals surface area contributed by atoms with Gasteiger partial charge in [-0.1, -0.05) is 43.8 Å². The van der Waals surface area contributed by atoms with Crippen molar-refractivity contribution in [2.45, 2.75) is 37.1 Å². The number of H-pyrrole nitrogens is 1. The van der Waals surface area contributed by atoms with Crippen LogP contribution >= 0.6 is 11.8 Å². The van der Waals surface area contributed by atoms with Gasteiger partial charge in [0.15, 0.2) is 10.9 Å². The summed E-state index contributed by atoms with van der Waals surface area (Å²) in [5, 5.41) is 13.5. The number of nitrogens with zero attached hydrogens (tertiary/aromatic N) is 2. The lowest BCUT2D eigenvalue weighted by Gasteiger charge is -2.14. The monoisotopic (exact) mass is 467 g/mol. The van der Waals surface area contributed by atoms with Crippen LogP contribution in [0.15, 0.2) is 58.5 Å². The lowest BCUT2D eigenvalue weighted by Crippen LogP contribution is -2.25. The van der Waals surface area contributed by atoms with Crippen molar-refractivity contribution >= 4 is 35.0 Å². The third-order valence-electron chi connectivity index (χ3n) is 4.73. The Morgan fingerprint density at radius 1 is 1.06 bits per heavy atom. The van der Waals surface area contributed by atoms with E-state index in [1.54, 1.807) is 62.6 Å². The summed E-state index contributed by atoms with van der Waals surface area (Å²) in [6.45, 7) is 3.61. The second kappa shape index (κ2) is 11.3. The summed E-state index contributed by atoms with van der Waals surface area (Å²) < 4.78 is 5.12. The highest BCUT2D eigenvalue weighted by Gasteiger charge is 2.21. The molecular formula is C23H25N5O4S. The van der Waals surface area contributed by atoms with Crippen LogP contribution in [0, 0.1) is 0 Å². The zero-order chi connectivity index (χ0) is 23.8. The molecule has 3 N–H and O–H groups in total. The highest BCUT2D eigenvalue weighted by molar-refractivity contribution is 8.00. The second-order valence-electron chi connectivity index (χ2n) is 6.99. The number of carbonyl (C=O) groups is 2. The number of thioether (sulfide) groups is 1. The maximum Gasteiger partial charge on any atom is 0.278 e. The van der Waals surface area contributed by atoms with Crippen LogP contribution in [0.2, 0.25) is 0 Å². The zero-order valence-electron chi connectivity index (χ0n) is 18.5. The predicted octanol–water partition coefficient (Wildman–Crippen LogP) is 3.70. The van der Waals surface area contributed by atoms with Crippen LogP contribution in [-0.4, -0.2) is 39.4 Å². The summed E-state index contributed by atoms with van der Waals surface area (Å²) in [4.78, 5) is 39.9. The van der Waals surface area contributed by atoms with E-state index in [2.05, 4.69) is 25.8 Å². The van der Waals surface area contributed by atoms with Gasteiger partial charge in [-0.05, 0) is 36.8 Å². The second-order valence-corrected chi connectivity index (χ2v) is 8.18. The average molecular weight is 468 g/mol. The van der Waals surface area contributed by atoms with E-state index >= 15 is 0 Å². The molecule has 3 aromatic rings. The predicted molar refractivity (Wildman–Crippen MR) is 129 cm³/mol. The molecule has 0 saturated carbocycles. The third kappa shape index (κ3) is 6.19. The number of hydrogen-bond donors (Lipinski definition) is 3. The van der Waals surface area contributed by atoms with Crippen LogP contribution in [0.3, 0.4) is 0 Å². The molecule has 172 valence electrons. The molecule has 0 saturated heterocycles. The molecule has 0 spiro atoms. The molecule has 1 aromatic heterocycles. The van der Waals surface area contributed by atoms with Crippen LogP contribution < -0.4 is 20.9 Å². The fourth-order valence-electron chi connectivity index (χ4n) is 2.94. The minimum atomic E-state index is -0.487. The Morgan fingerprint density at radius 2 is 1.79 bits per heavy atom. The standard InChI is InChI=1S/C23H25N5O4S/c1-4-18(21(30)24-14-10-12-15(32-3)13-11-14)33-23-26-22(31)20(27-28-23)16-8-6-7-9-17(16)25-19(29)5-2/h6-13,18H,4-5H2,1-3H3,(H,24,30)(H,25,29)(H,26,28,31)/t18-/m0/s1. The minimum absolute atomic E-state index is 0.0853. The van der Waals surface area contributed by atoms with Gasteiger partial charge in [-0.25, -0.2) is 0 Å². The molecule has 0 bridgehead atoms. The Hall–Kier alpha value is -3.66. The molecule has 0 aliphatic carbocycles. The number of ether oxygens (including phenoxy) is 1. The molecule has 0 aliphatic rings. The van der Waals surface area contributed by atoms with E-state index in [1.165, 1.54) is 0 Å². The molecule has 0 aliphatic heterocycles. The molecule has 1 heterocycles. The molecule has 9 nitrogen and oxygen atoms in total. The number of amides is 2. The van der Waals surface area contributed by atoms with Gasteiger partial charge in [0, 0.05) is 17.7 Å². The normalized spacial score (nSPS) is 11.5. The van der Waals surface area contributed by atoms with Gasteiger partial charge in [0.05, 0.1) is 18.0 Å². The van der Waals surface area contributed by atoms with E-state index in [9.17, 15) is 14.4 Å². The van der Waals surface area contributed by atoms with Gasteiger partial charge >= 0.3 is 0 Å². The van der Waals surface area contributed by atoms with Crippen molar-refractivity contribution in [2.24, 2.45) is 0 Å². The molecule has 10 heteroatoms. The lowest BCUT2D eigenvalue weighted by atomic mass is 10.1. The molecule has 0 radical (unpaired) electrons. The summed E-state index contributed by atoms with van der Waals surface area (Å²) in [6, 6.07) is 13.9. The van der Waals surface area contributed by atoms with E-state index < -0.39 is 10.8 Å². The van der Waals surface area contributed by atoms with Gasteiger partial charge < -0.3 is 15.4 Å². The Balaban J connectivity index is 1.76. The van der Waals surface area contributed by atoms with Gasteiger partial charge in [0.1, 0.15) is 5.75 Å². The first-order valence-corrected chi connectivity index (χ1v) is 11.3. The summed E-state index contributed by atoms with van der Waals surface area (Å²) >= 11 is 1.12. The van der Waals surface area contributed by atoms with Gasteiger partial charge in [-0.2, -0.15) is 0 Å². The average Bonchev–Trinajstić information content (AvgIpc) is 2.83. The number of para-hydroxylation sites is 1. The fourth-order valence-corrected chi connectivity index (χ4v) is 3.78. The molecule has 2 amide bonds. The summed E-state index contributed by atoms with van der Waals surface area (Å²) in [5.74, 6) is 0.304. The quantitative estimate of drug-likeness (QED) is 0.410. The molecule has 1 atom stereocenters. The Bertz CT molecular complexity index is 1180. The molecule has 3 rings (SSSR count). The van der Waals surface area contributed by atoms with Crippen molar-refractivity contribution in [3.63, 3.8) is 0 Å². The number of aromatic nitrogens is 3. The lowest BCUT2D eigenvalue weighted by molar-refractivity contribution is -0.116. The third-order valence-corrected chi connectivity index (χ3v) is 5.97. The van der Waals surface area contributed by atoms with Crippen LogP contribution in [-0.2, 0) is 9.59 Å². The number of nitrogens with one attached hydrogen (secondary N) is 3. The van der Waals surface area contributed by atoms with Crippen molar-refractivity contribution in [3.8, 4) is 17.0 Å². The summed E-state index contributed by atoms with van der Waals surface area (Å²) in [6.07, 6.45) is 0.826. The van der Waals surface area contributed by atoms with E-state index in [0.717, 1.165) is 11.8 Å². The van der Waals surface area contributed by atoms with E-state index in [4.69, 9.17) is 4.74 Å². The minimum Gasteiger partial charge on any atom is -0.497 e. The highest BCUT2D eigenvalue weighted by atomic mass is 32.2. The Morgan fingerprint density at radius 3 is 2.42 bits per heavy atom. The van der Waals surface area contributed by atoms with E-state index in [-0.39, 0.29) is 22.7 Å². The number of rotatable bonds is 9.